The predicted octanol–water partition coefficient (Wildman–Crippen LogP) is 8.18. The van der Waals surface area contributed by atoms with Crippen molar-refractivity contribution in [1.29, 1.82) is 0 Å². The second kappa shape index (κ2) is 16.3. The van der Waals surface area contributed by atoms with Crippen molar-refractivity contribution in [1.82, 2.24) is 0 Å². The molecule has 5 nitrogen and oxygen atoms in total. The lowest BCUT2D eigenvalue weighted by molar-refractivity contribution is -0.249. The third-order valence-corrected chi connectivity index (χ3v) is 10.1. The summed E-state index contributed by atoms with van der Waals surface area (Å²) in [5, 5.41) is 0. The Kier molecular flexibility index (Phi) is 11.2. The molecule has 1 saturated heterocycles. The van der Waals surface area contributed by atoms with Crippen LogP contribution in [0.4, 0.5) is 0 Å². The van der Waals surface area contributed by atoms with Gasteiger partial charge in [-0.25, -0.2) is 0 Å². The molecule has 0 bridgehead atoms. The molecule has 0 spiro atoms. The van der Waals surface area contributed by atoms with Crippen molar-refractivity contribution >= 4 is 12.4 Å². The first-order valence-corrected chi connectivity index (χ1v) is 17.9. The zero-order valence-corrected chi connectivity index (χ0v) is 29.3. The Hall–Kier alpha value is -4.04. The molecule has 0 aromatic heterocycles. The van der Waals surface area contributed by atoms with E-state index in [9.17, 15) is 0 Å². The zero-order valence-electron chi connectivity index (χ0n) is 29.3. The minimum Gasteiger partial charge on any atom is -0.425 e. The number of rotatable bonds is 13. The van der Waals surface area contributed by atoms with E-state index in [-0.39, 0.29) is 25.0 Å². The quantitative estimate of drug-likeness (QED) is 0.119. The van der Waals surface area contributed by atoms with Gasteiger partial charge in [-0.3, -0.25) is 0 Å². The molecule has 256 valence electrons. The third kappa shape index (κ3) is 8.12. The molecule has 6 heteroatoms. The molecule has 1 saturated carbocycles. The van der Waals surface area contributed by atoms with E-state index in [0.29, 0.717) is 26.4 Å². The molecule has 0 N–H and O–H groups in total. The normalized spacial score (nSPS) is 23.1. The van der Waals surface area contributed by atoms with Crippen LogP contribution in [0.5, 0.6) is 0 Å². The molecule has 1 heterocycles. The Bertz CT molecular complexity index is 1660. The molecule has 1 aliphatic carbocycles. The van der Waals surface area contributed by atoms with Crippen molar-refractivity contribution in [3.8, 4) is 0 Å². The van der Waals surface area contributed by atoms with Gasteiger partial charge in [-0.2, -0.15) is 0 Å². The van der Waals surface area contributed by atoms with Gasteiger partial charge in [-0.05, 0) is 54.8 Å². The lowest BCUT2D eigenvalue weighted by atomic mass is 9.54. The smallest absolute Gasteiger partial charge is 0.328 e. The largest absolute Gasteiger partial charge is 0.425 e. The van der Waals surface area contributed by atoms with E-state index in [1.54, 1.807) is 0 Å². The Morgan fingerprint density at radius 3 is 1.28 bits per heavy atom. The van der Waals surface area contributed by atoms with Crippen molar-refractivity contribution in [3.63, 3.8) is 0 Å². The Balaban J connectivity index is 1.28. The number of aryl methyl sites for hydroxylation is 3. The van der Waals surface area contributed by atoms with Gasteiger partial charge in [0.1, 0.15) is 18.3 Å². The number of fused-ring (bicyclic) bond motifs is 1. The summed E-state index contributed by atoms with van der Waals surface area (Å²) in [5.41, 5.74) is 9.45. The Labute approximate surface area is 297 Å². The van der Waals surface area contributed by atoms with Crippen molar-refractivity contribution in [2.45, 2.75) is 84.0 Å². The lowest BCUT2D eigenvalue weighted by Crippen LogP contribution is -2.62. The van der Waals surface area contributed by atoms with E-state index in [1.165, 1.54) is 22.2 Å². The van der Waals surface area contributed by atoms with Gasteiger partial charge in [0.25, 0.3) is 0 Å². The monoisotopic (exact) mass is 666 g/mol. The van der Waals surface area contributed by atoms with Crippen LogP contribution in [0, 0.1) is 26.7 Å². The molecule has 7 rings (SSSR count). The highest BCUT2D eigenvalue weighted by molar-refractivity contribution is 6.69. The number of hydrogen-bond acceptors (Lipinski definition) is 5. The summed E-state index contributed by atoms with van der Waals surface area (Å²) in [4.78, 5) is 0. The van der Waals surface area contributed by atoms with Crippen LogP contribution in [0.1, 0.15) is 38.9 Å². The molecule has 1 aliphatic heterocycles. The average molecular weight is 667 g/mol. The highest BCUT2D eigenvalue weighted by Gasteiger charge is 2.58. The second-order valence-electron chi connectivity index (χ2n) is 13.8. The first-order valence-electron chi connectivity index (χ1n) is 17.9. The van der Waals surface area contributed by atoms with Crippen LogP contribution < -0.4 is 5.46 Å². The second-order valence-corrected chi connectivity index (χ2v) is 13.8. The van der Waals surface area contributed by atoms with Crippen LogP contribution in [0.15, 0.2) is 133 Å². The molecule has 50 heavy (non-hydrogen) atoms. The summed E-state index contributed by atoms with van der Waals surface area (Å²) in [7, 11) is 0. The minimum absolute atomic E-state index is 0.0157. The van der Waals surface area contributed by atoms with E-state index < -0.39 is 18.3 Å². The highest BCUT2D eigenvalue weighted by atomic mass is 16.6. The van der Waals surface area contributed by atoms with Crippen LogP contribution in [0.25, 0.3) is 0 Å². The average Bonchev–Trinajstić information content (AvgIpc) is 3.57. The number of benzene rings is 5. The van der Waals surface area contributed by atoms with Gasteiger partial charge in [0.05, 0.1) is 38.6 Å². The maximum absolute atomic E-state index is 7.19. The maximum Gasteiger partial charge on any atom is 0.328 e. The molecule has 0 unspecified atom stereocenters. The van der Waals surface area contributed by atoms with Crippen LogP contribution in [0.3, 0.4) is 0 Å². The van der Waals surface area contributed by atoms with Crippen LogP contribution in [-0.4, -0.2) is 37.4 Å². The van der Waals surface area contributed by atoms with Gasteiger partial charge in [0.2, 0.25) is 0 Å². The van der Waals surface area contributed by atoms with Crippen LogP contribution in [-0.2, 0) is 50.0 Å². The lowest BCUT2D eigenvalue weighted by Gasteiger charge is -2.48. The minimum atomic E-state index is -0.455. The van der Waals surface area contributed by atoms with E-state index in [0.717, 1.165) is 28.6 Å². The fourth-order valence-electron chi connectivity index (χ4n) is 7.91. The maximum atomic E-state index is 7.19. The van der Waals surface area contributed by atoms with Gasteiger partial charge in [-0.15, -0.1) is 0 Å². The zero-order chi connectivity index (χ0) is 34.3. The molecular formula is C44H47BO5. The van der Waals surface area contributed by atoms with Gasteiger partial charge in [0.15, 0.2) is 0 Å². The summed E-state index contributed by atoms with van der Waals surface area (Å²) in [6, 6.07) is 45.9. The topological polar surface area (TPSA) is 46.2 Å². The molecule has 5 aromatic carbocycles. The molecular weight excluding hydrogens is 619 g/mol. The third-order valence-electron chi connectivity index (χ3n) is 10.1. The molecule has 5 aromatic rings. The van der Waals surface area contributed by atoms with Crippen LogP contribution in [0.2, 0.25) is 6.32 Å². The summed E-state index contributed by atoms with van der Waals surface area (Å²) in [5.74, 6) is 0.0157. The fraction of sp³-hybridized carbons (Fsp3) is 0.318. The summed E-state index contributed by atoms with van der Waals surface area (Å²) in [6.07, 6.45) is -1.01. The molecule has 2 fully saturated rings. The Morgan fingerprint density at radius 1 is 0.500 bits per heavy atom. The molecule has 0 radical (unpaired) electrons. The highest BCUT2D eigenvalue weighted by Crippen LogP contribution is 2.44. The molecule has 6 atom stereocenters. The standard InChI is InChI=1S/C44H47BO5/c1-31-24-32(2)39(33(3)25-31)45-26-38-40(46-27-34-16-8-4-9-17-34)42(47-28-35-18-10-5-11-19-35)44(49-30-37-22-14-7-15-23-37)43(41(38)50-45)48-29-36-20-12-6-13-21-36/h4-25,38,40-44H,26-30H2,1-3H3/t38-,40-,41+,42+,43-,44-/m1/s1. The first-order chi connectivity index (χ1) is 24.5. The fourth-order valence-corrected chi connectivity index (χ4v) is 7.91. The van der Waals surface area contributed by atoms with Crippen LogP contribution >= 0.6 is 0 Å². The van der Waals surface area contributed by atoms with E-state index in [4.69, 9.17) is 23.6 Å². The van der Waals surface area contributed by atoms with E-state index in [2.05, 4.69) is 118 Å². The molecule has 2 aliphatic rings. The summed E-state index contributed by atoms with van der Waals surface area (Å²) < 4.78 is 35.1. The van der Waals surface area contributed by atoms with Crippen molar-refractivity contribution in [3.05, 3.63) is 172 Å². The number of ether oxygens (including phenoxy) is 4. The predicted molar refractivity (Wildman–Crippen MR) is 199 cm³/mol. The van der Waals surface area contributed by atoms with E-state index >= 15 is 0 Å². The van der Waals surface area contributed by atoms with Crippen molar-refractivity contribution < 1.29 is 23.6 Å². The van der Waals surface area contributed by atoms with Gasteiger partial charge >= 0.3 is 6.92 Å². The SMILES string of the molecule is Cc1cc(C)c(B2C[C@@H]3[C@@H](OCc4ccccc4)[C@H](OCc4ccccc4)[C@@H](OCc4ccccc4)[C@H](OCc4ccccc4)[C@H]3O2)c(C)c1. The Morgan fingerprint density at radius 2 is 0.860 bits per heavy atom. The van der Waals surface area contributed by atoms with E-state index in [1.807, 2.05) is 36.4 Å². The van der Waals surface area contributed by atoms with Crippen molar-refractivity contribution in [2.75, 3.05) is 0 Å². The van der Waals surface area contributed by atoms with Gasteiger partial charge in [-0.1, -0.05) is 150 Å². The first kappa shape index (κ1) is 34.4. The van der Waals surface area contributed by atoms with Crippen molar-refractivity contribution in [2.24, 2.45) is 5.92 Å². The van der Waals surface area contributed by atoms with Gasteiger partial charge < -0.3 is 23.6 Å². The molecule has 0 amide bonds. The van der Waals surface area contributed by atoms with Gasteiger partial charge in [0, 0.05) is 5.92 Å². The summed E-state index contributed by atoms with van der Waals surface area (Å²) >= 11 is 0. The number of hydrogen-bond donors (Lipinski definition) is 0. The summed E-state index contributed by atoms with van der Waals surface area (Å²) in [6.45, 7) is 8.22.